The number of hydrogen-bond donors (Lipinski definition) is 2. The third kappa shape index (κ3) is 39.2. The van der Waals surface area contributed by atoms with Gasteiger partial charge in [-0.2, -0.15) is 0 Å². The largest absolute Gasteiger partial charge is 0.493 e. The van der Waals surface area contributed by atoms with Gasteiger partial charge in [0.05, 0.1) is 12.2 Å². The lowest BCUT2D eigenvalue weighted by atomic mass is 10.0. The van der Waals surface area contributed by atoms with Crippen molar-refractivity contribution in [3.63, 3.8) is 0 Å². The van der Waals surface area contributed by atoms with Crippen molar-refractivity contribution in [2.24, 2.45) is 0 Å². The second-order valence-corrected chi connectivity index (χ2v) is 19.9. The molecule has 64 heavy (non-hydrogen) atoms. The number of carbonyl (C=O) groups excluding carboxylic acids is 2. The third-order valence-electron chi connectivity index (χ3n) is 13.6. The zero-order valence-electron chi connectivity index (χ0n) is 43.4. The van der Waals surface area contributed by atoms with Crippen LogP contribution in [0.2, 0.25) is 0 Å². The van der Waals surface area contributed by atoms with Crippen molar-refractivity contribution < 1.29 is 14.3 Å². The Bertz CT molecular complexity index is 1140. The number of amides is 2. The summed E-state index contributed by atoms with van der Waals surface area (Å²) in [4.78, 5) is 26.6. The Morgan fingerprint density at radius 1 is 0.344 bits per heavy atom. The van der Waals surface area contributed by atoms with Crippen LogP contribution in [0.1, 0.15) is 330 Å². The molecule has 2 N–H and O–H groups in total. The first-order chi connectivity index (χ1) is 31.6. The first-order valence-electron chi connectivity index (χ1n) is 29.0. The molecule has 0 bridgehead atoms. The topological polar surface area (TPSA) is 67.4 Å². The minimum Gasteiger partial charge on any atom is -0.493 e. The van der Waals surface area contributed by atoms with Crippen molar-refractivity contribution in [2.45, 2.75) is 310 Å². The molecule has 0 saturated heterocycles. The number of nitrogens with one attached hydrogen (secondary N) is 2. The molecule has 1 rings (SSSR count). The summed E-state index contributed by atoms with van der Waals surface area (Å²) < 4.78 is 6.29. The van der Waals surface area contributed by atoms with Crippen molar-refractivity contribution in [1.82, 2.24) is 10.6 Å². The molecule has 0 fully saturated rings. The smallest absolute Gasteiger partial charge is 0.255 e. The van der Waals surface area contributed by atoms with Gasteiger partial charge in [-0.05, 0) is 37.5 Å². The Morgan fingerprint density at radius 2 is 0.609 bits per heavy atom. The highest BCUT2D eigenvalue weighted by Crippen LogP contribution is 2.23. The summed E-state index contributed by atoms with van der Waals surface area (Å²) in [5, 5.41) is 6.29. The minimum absolute atomic E-state index is 0.0769. The van der Waals surface area contributed by atoms with Crippen molar-refractivity contribution in [1.29, 1.82) is 0 Å². The molecule has 0 aliphatic carbocycles. The standard InChI is InChI=1S/C59H110N2O3/c1-4-7-10-13-16-19-22-25-28-31-34-37-40-43-46-51-60-58(62)55-49-50-56(59(63)61-52-47-44-41-38-35-32-29-26-23-20-17-14-11-8-5-2)57(54-55)64-53-48-45-42-39-36-33-30-27-24-21-18-15-12-9-6-3/h49-50,54H,4-48,51-53H2,1-3H3,(H,60,62)(H,61,63). The highest BCUT2D eigenvalue weighted by atomic mass is 16.5. The van der Waals surface area contributed by atoms with Gasteiger partial charge < -0.3 is 15.4 Å². The fraction of sp³-hybridized carbons (Fsp3) is 0.864. The molecule has 0 heterocycles. The Labute approximate surface area is 399 Å². The lowest BCUT2D eigenvalue weighted by Crippen LogP contribution is -2.26. The van der Waals surface area contributed by atoms with Crippen LogP contribution in [0.5, 0.6) is 5.75 Å². The molecule has 0 spiro atoms. The van der Waals surface area contributed by atoms with Gasteiger partial charge in [-0.15, -0.1) is 0 Å². The molecule has 0 unspecified atom stereocenters. The van der Waals surface area contributed by atoms with Crippen molar-refractivity contribution in [3.8, 4) is 5.75 Å². The van der Waals surface area contributed by atoms with E-state index in [4.69, 9.17) is 4.74 Å². The molecule has 0 aliphatic rings. The summed E-state index contributed by atoms with van der Waals surface area (Å²) in [6.45, 7) is 8.80. The fourth-order valence-corrected chi connectivity index (χ4v) is 9.22. The van der Waals surface area contributed by atoms with Crippen LogP contribution >= 0.6 is 0 Å². The number of hydrogen-bond acceptors (Lipinski definition) is 3. The first-order valence-corrected chi connectivity index (χ1v) is 29.0. The number of carbonyl (C=O) groups is 2. The normalized spacial score (nSPS) is 11.4. The van der Waals surface area contributed by atoms with Gasteiger partial charge in [0.1, 0.15) is 5.75 Å². The van der Waals surface area contributed by atoms with Crippen LogP contribution in [0.25, 0.3) is 0 Å². The molecule has 2 amide bonds. The van der Waals surface area contributed by atoms with E-state index in [1.54, 1.807) is 18.2 Å². The molecule has 5 heteroatoms. The molecule has 0 aromatic heterocycles. The first kappa shape index (κ1) is 60.0. The van der Waals surface area contributed by atoms with E-state index < -0.39 is 0 Å². The van der Waals surface area contributed by atoms with Gasteiger partial charge >= 0.3 is 0 Å². The van der Waals surface area contributed by atoms with E-state index in [2.05, 4.69) is 31.4 Å². The maximum Gasteiger partial charge on any atom is 0.255 e. The maximum absolute atomic E-state index is 13.4. The Kier molecular flexibility index (Phi) is 45.8. The van der Waals surface area contributed by atoms with E-state index in [0.717, 1.165) is 38.5 Å². The Balaban J connectivity index is 2.38. The average molecular weight is 896 g/mol. The average Bonchev–Trinajstić information content (AvgIpc) is 3.30. The Morgan fingerprint density at radius 3 is 0.922 bits per heavy atom. The fourth-order valence-electron chi connectivity index (χ4n) is 9.22. The number of unbranched alkanes of at least 4 members (excludes halogenated alkanes) is 42. The summed E-state index contributed by atoms with van der Waals surface area (Å²) >= 11 is 0. The lowest BCUT2D eigenvalue weighted by molar-refractivity contribution is 0.0937. The molecular weight excluding hydrogens is 785 g/mol. The molecular formula is C59H110N2O3. The van der Waals surface area contributed by atoms with Crippen molar-refractivity contribution >= 4 is 11.8 Å². The van der Waals surface area contributed by atoms with Crippen LogP contribution in [-0.2, 0) is 0 Å². The number of benzene rings is 1. The third-order valence-corrected chi connectivity index (χ3v) is 13.6. The summed E-state index contributed by atoms with van der Waals surface area (Å²) in [7, 11) is 0. The number of ether oxygens (including phenoxy) is 1. The highest BCUT2D eigenvalue weighted by Gasteiger charge is 2.16. The van der Waals surface area contributed by atoms with E-state index in [-0.39, 0.29) is 11.8 Å². The van der Waals surface area contributed by atoms with Gasteiger partial charge in [-0.1, -0.05) is 290 Å². The van der Waals surface area contributed by atoms with E-state index in [1.807, 2.05) is 0 Å². The van der Waals surface area contributed by atoms with Gasteiger partial charge in [-0.25, -0.2) is 0 Å². The minimum atomic E-state index is -0.0957. The summed E-state index contributed by atoms with van der Waals surface area (Å²) in [5.74, 6) is 0.368. The maximum atomic E-state index is 13.4. The zero-order chi connectivity index (χ0) is 46.1. The highest BCUT2D eigenvalue weighted by molar-refractivity contribution is 6.00. The van der Waals surface area contributed by atoms with Crippen LogP contribution < -0.4 is 15.4 Å². The molecule has 0 atom stereocenters. The zero-order valence-corrected chi connectivity index (χ0v) is 43.4. The predicted octanol–water partition coefficient (Wildman–Crippen LogP) is 19.1. The second kappa shape index (κ2) is 48.9. The summed E-state index contributed by atoms with van der Waals surface area (Å²) in [5.41, 5.74) is 1.12. The van der Waals surface area contributed by atoms with Crippen molar-refractivity contribution in [3.05, 3.63) is 29.3 Å². The number of rotatable bonds is 51. The Hall–Kier alpha value is -2.04. The monoisotopic (exact) mass is 895 g/mol. The van der Waals surface area contributed by atoms with Gasteiger partial charge in [-0.3, -0.25) is 9.59 Å². The molecule has 374 valence electrons. The predicted molar refractivity (Wildman–Crippen MR) is 281 cm³/mol. The van der Waals surface area contributed by atoms with Gasteiger partial charge in [0.25, 0.3) is 11.8 Å². The second-order valence-electron chi connectivity index (χ2n) is 19.9. The van der Waals surface area contributed by atoms with Gasteiger partial charge in [0.2, 0.25) is 0 Å². The quantitative estimate of drug-likeness (QED) is 0.0640. The van der Waals surface area contributed by atoms with Crippen LogP contribution in [0, 0.1) is 0 Å². The molecule has 1 aromatic carbocycles. The molecule has 1 aromatic rings. The van der Waals surface area contributed by atoms with Crippen molar-refractivity contribution in [2.75, 3.05) is 19.7 Å². The van der Waals surface area contributed by atoms with E-state index in [9.17, 15) is 9.59 Å². The molecule has 0 saturated carbocycles. The van der Waals surface area contributed by atoms with E-state index >= 15 is 0 Å². The van der Waals surface area contributed by atoms with Crippen LogP contribution in [0.4, 0.5) is 0 Å². The summed E-state index contributed by atoms with van der Waals surface area (Å²) in [6.07, 6.45) is 59.9. The summed E-state index contributed by atoms with van der Waals surface area (Å²) in [6, 6.07) is 5.40. The molecule has 0 radical (unpaired) electrons. The van der Waals surface area contributed by atoms with E-state index in [1.165, 1.54) is 250 Å². The molecule has 5 nitrogen and oxygen atoms in total. The van der Waals surface area contributed by atoms with Gasteiger partial charge in [0.15, 0.2) is 0 Å². The van der Waals surface area contributed by atoms with Crippen LogP contribution in [0.15, 0.2) is 18.2 Å². The molecule has 0 aliphatic heterocycles. The van der Waals surface area contributed by atoms with Crippen LogP contribution in [0.3, 0.4) is 0 Å². The SMILES string of the molecule is CCCCCCCCCCCCCCCCCNC(=O)c1ccc(C(=O)NCCCCCCCCCCCCCCCCC)c(OCCCCCCCCCCCCCCCCC)c1. The lowest BCUT2D eigenvalue weighted by Gasteiger charge is -2.14. The van der Waals surface area contributed by atoms with Crippen LogP contribution in [-0.4, -0.2) is 31.5 Å². The van der Waals surface area contributed by atoms with Gasteiger partial charge in [0, 0.05) is 18.7 Å². The van der Waals surface area contributed by atoms with E-state index in [0.29, 0.717) is 36.6 Å².